The molecule has 1 aromatic heterocycles. The van der Waals surface area contributed by atoms with E-state index in [1.54, 1.807) is 19.1 Å². The first kappa shape index (κ1) is 23.1. The van der Waals surface area contributed by atoms with Gasteiger partial charge in [-0.2, -0.15) is 13.2 Å². The Bertz CT molecular complexity index is 920. The number of halogens is 6. The van der Waals surface area contributed by atoms with Crippen LogP contribution >= 0.6 is 34.8 Å². The molecule has 11 heteroatoms. The number of pyridine rings is 1. The van der Waals surface area contributed by atoms with Gasteiger partial charge in [0, 0.05) is 36.1 Å². The first-order valence-electron chi connectivity index (χ1n) is 8.21. The number of alkyl halides is 3. The lowest BCUT2D eigenvalue weighted by Crippen LogP contribution is -2.22. The zero-order valence-corrected chi connectivity index (χ0v) is 17.3. The Morgan fingerprint density at radius 1 is 1.14 bits per heavy atom. The predicted molar refractivity (Wildman–Crippen MR) is 110 cm³/mol. The van der Waals surface area contributed by atoms with Crippen molar-refractivity contribution in [1.82, 2.24) is 10.3 Å². The van der Waals surface area contributed by atoms with Gasteiger partial charge in [-0.3, -0.25) is 4.79 Å². The lowest BCUT2D eigenvalue weighted by molar-refractivity contribution is -0.137. The summed E-state index contributed by atoms with van der Waals surface area (Å²) in [5, 5.41) is 9.07. The molecule has 1 aromatic carbocycles. The highest BCUT2D eigenvalue weighted by Gasteiger charge is 2.31. The molecule has 0 aliphatic rings. The van der Waals surface area contributed by atoms with Gasteiger partial charge >= 0.3 is 6.18 Å². The maximum Gasteiger partial charge on any atom is 0.417 e. The smallest absolute Gasteiger partial charge is 0.387 e. The second-order valence-electron chi connectivity index (χ2n) is 5.85. The summed E-state index contributed by atoms with van der Waals surface area (Å²) >= 11 is 17.6. The fraction of sp³-hybridized carbons (Fsp3) is 0.222. The summed E-state index contributed by atoms with van der Waals surface area (Å²) in [7, 11) is 0. The van der Waals surface area contributed by atoms with Gasteiger partial charge in [0.2, 0.25) is 5.91 Å². The Balaban J connectivity index is 1.81. The first-order chi connectivity index (χ1) is 13.6. The molecule has 29 heavy (non-hydrogen) atoms. The van der Waals surface area contributed by atoms with E-state index in [9.17, 15) is 18.0 Å². The maximum absolute atomic E-state index is 12.6. The van der Waals surface area contributed by atoms with Gasteiger partial charge in [0.1, 0.15) is 5.82 Å². The molecule has 1 heterocycles. The maximum atomic E-state index is 12.6. The van der Waals surface area contributed by atoms with Crippen LogP contribution < -0.4 is 16.0 Å². The van der Waals surface area contributed by atoms with Crippen molar-refractivity contribution in [2.45, 2.75) is 13.1 Å². The molecule has 0 aliphatic heterocycles. The van der Waals surface area contributed by atoms with Gasteiger partial charge in [-0.1, -0.05) is 34.8 Å². The fourth-order valence-corrected chi connectivity index (χ4v) is 2.86. The average Bonchev–Trinajstić information content (AvgIpc) is 2.61. The summed E-state index contributed by atoms with van der Waals surface area (Å²) in [6.07, 6.45) is -2.46. The molecular weight excluding hydrogens is 452 g/mol. The minimum Gasteiger partial charge on any atom is -0.387 e. The molecule has 3 N–H and O–H groups in total. The molecular formula is C18H16Cl3F3N4O. The highest BCUT2D eigenvalue weighted by atomic mass is 35.5. The molecule has 1 amide bonds. The van der Waals surface area contributed by atoms with Gasteiger partial charge in [0.25, 0.3) is 0 Å². The van der Waals surface area contributed by atoms with Crippen molar-refractivity contribution < 1.29 is 18.0 Å². The number of allylic oxidation sites excluding steroid dienone is 1. The number of benzene rings is 1. The van der Waals surface area contributed by atoms with E-state index in [1.165, 1.54) is 12.1 Å². The van der Waals surface area contributed by atoms with Gasteiger partial charge in [-0.15, -0.1) is 0 Å². The van der Waals surface area contributed by atoms with Crippen LogP contribution in [0.4, 0.5) is 24.7 Å². The summed E-state index contributed by atoms with van der Waals surface area (Å²) < 4.78 is 37.8. The third-order valence-electron chi connectivity index (χ3n) is 3.53. The third-order valence-corrected chi connectivity index (χ3v) is 4.36. The molecule has 0 radical (unpaired) electrons. The summed E-state index contributed by atoms with van der Waals surface area (Å²) in [5.74, 6) is -0.252. The minimum atomic E-state index is -4.50. The van der Waals surface area contributed by atoms with Gasteiger partial charge < -0.3 is 16.0 Å². The molecule has 156 valence electrons. The zero-order chi connectivity index (χ0) is 21.6. The molecule has 0 saturated carbocycles. The van der Waals surface area contributed by atoms with Crippen molar-refractivity contribution in [2.75, 3.05) is 23.7 Å². The number of amides is 1. The highest BCUT2D eigenvalue weighted by molar-refractivity contribution is 6.36. The van der Waals surface area contributed by atoms with Gasteiger partial charge in [0.15, 0.2) is 0 Å². The number of rotatable bonds is 7. The normalized spacial score (nSPS) is 11.9. The average molecular weight is 468 g/mol. The summed E-state index contributed by atoms with van der Waals surface area (Å²) in [6.45, 7) is 2.37. The van der Waals surface area contributed by atoms with Crippen LogP contribution in [-0.4, -0.2) is 24.0 Å². The molecule has 0 fully saturated rings. The third kappa shape index (κ3) is 7.30. The summed E-state index contributed by atoms with van der Waals surface area (Å²) in [6, 6.07) is 5.51. The number of hydrogen-bond acceptors (Lipinski definition) is 4. The lowest BCUT2D eigenvalue weighted by Gasteiger charge is -2.12. The van der Waals surface area contributed by atoms with Crippen molar-refractivity contribution in [1.29, 1.82) is 0 Å². The molecule has 0 aliphatic carbocycles. The van der Waals surface area contributed by atoms with Crippen LogP contribution in [0.25, 0.3) is 0 Å². The molecule has 0 bridgehead atoms. The monoisotopic (exact) mass is 466 g/mol. The van der Waals surface area contributed by atoms with Crippen molar-refractivity contribution in [3.8, 4) is 0 Å². The number of hydrogen-bond donors (Lipinski definition) is 3. The molecule has 0 saturated heterocycles. The Kier molecular flexibility index (Phi) is 8.01. The van der Waals surface area contributed by atoms with E-state index < -0.39 is 11.7 Å². The SMILES string of the molecule is C/C(=C/C(=O)Nc1ccc(Cl)cc1Cl)NCCNc1ncc(C(F)(F)F)cc1Cl. The van der Waals surface area contributed by atoms with E-state index in [0.29, 0.717) is 40.7 Å². The topological polar surface area (TPSA) is 66.1 Å². The standard InChI is InChI=1S/C18H16Cl3F3N4O/c1-10(6-16(29)28-15-3-2-12(19)8-13(15)20)25-4-5-26-17-14(21)7-11(9-27-17)18(22,23)24/h2-3,6-9,25H,4-5H2,1H3,(H,26,27)(H,28,29)/b10-6-. The highest BCUT2D eigenvalue weighted by Crippen LogP contribution is 2.32. The van der Waals surface area contributed by atoms with Crippen LogP contribution in [0, 0.1) is 0 Å². The van der Waals surface area contributed by atoms with E-state index in [4.69, 9.17) is 34.8 Å². The summed E-state index contributed by atoms with van der Waals surface area (Å²) in [4.78, 5) is 15.7. The number of nitrogens with one attached hydrogen (secondary N) is 3. The Hall–Kier alpha value is -2.16. The zero-order valence-electron chi connectivity index (χ0n) is 15.0. The lowest BCUT2D eigenvalue weighted by atomic mass is 10.3. The number of nitrogens with zero attached hydrogens (tertiary/aromatic N) is 1. The van der Waals surface area contributed by atoms with Crippen LogP contribution in [0.1, 0.15) is 12.5 Å². The van der Waals surface area contributed by atoms with Crippen molar-refractivity contribution in [3.63, 3.8) is 0 Å². The van der Waals surface area contributed by atoms with E-state index >= 15 is 0 Å². The quantitative estimate of drug-likeness (QED) is 0.366. The second kappa shape index (κ2) is 10.0. The first-order valence-corrected chi connectivity index (χ1v) is 9.34. The Morgan fingerprint density at radius 3 is 2.48 bits per heavy atom. The Labute approximate surface area is 180 Å². The van der Waals surface area contributed by atoms with Gasteiger partial charge in [-0.05, 0) is 31.2 Å². The van der Waals surface area contributed by atoms with Crippen LogP contribution in [0.2, 0.25) is 15.1 Å². The predicted octanol–water partition coefficient (Wildman–Crippen LogP) is 5.60. The van der Waals surface area contributed by atoms with Crippen molar-refractivity contribution in [3.05, 3.63) is 62.9 Å². The van der Waals surface area contributed by atoms with Crippen molar-refractivity contribution in [2.24, 2.45) is 0 Å². The molecule has 0 unspecified atom stereocenters. The Morgan fingerprint density at radius 2 is 1.86 bits per heavy atom. The van der Waals surface area contributed by atoms with Crippen molar-refractivity contribution >= 4 is 52.2 Å². The number of anilines is 2. The van der Waals surface area contributed by atoms with Crippen LogP contribution in [0.3, 0.4) is 0 Å². The minimum absolute atomic E-state index is 0.133. The van der Waals surface area contributed by atoms with Gasteiger partial charge in [0.05, 0.1) is 21.3 Å². The van der Waals surface area contributed by atoms with Crippen LogP contribution in [0.15, 0.2) is 42.2 Å². The van der Waals surface area contributed by atoms with Crippen LogP contribution in [0.5, 0.6) is 0 Å². The number of aromatic nitrogens is 1. The van der Waals surface area contributed by atoms with Gasteiger partial charge in [-0.25, -0.2) is 4.98 Å². The van der Waals surface area contributed by atoms with Crippen LogP contribution in [-0.2, 0) is 11.0 Å². The largest absolute Gasteiger partial charge is 0.417 e. The molecule has 2 rings (SSSR count). The number of carbonyl (C=O) groups excluding carboxylic acids is 1. The summed E-state index contributed by atoms with van der Waals surface area (Å²) in [5.41, 5.74) is 0.0763. The fourth-order valence-electron chi connectivity index (χ4n) is 2.17. The molecule has 5 nitrogen and oxygen atoms in total. The number of carbonyl (C=O) groups is 1. The second-order valence-corrected chi connectivity index (χ2v) is 7.10. The van der Waals surface area contributed by atoms with E-state index in [2.05, 4.69) is 20.9 Å². The van der Waals surface area contributed by atoms with E-state index in [0.717, 1.165) is 6.07 Å². The molecule has 0 atom stereocenters. The molecule has 2 aromatic rings. The van der Waals surface area contributed by atoms with E-state index in [-0.39, 0.29) is 16.7 Å². The molecule has 0 spiro atoms. The van der Waals surface area contributed by atoms with E-state index in [1.807, 2.05) is 0 Å².